The lowest BCUT2D eigenvalue weighted by Gasteiger charge is -2.35. The Hall–Kier alpha value is -5.03. The summed E-state index contributed by atoms with van der Waals surface area (Å²) in [5.74, 6) is 0. The number of benzene rings is 4. The summed E-state index contributed by atoms with van der Waals surface area (Å²) < 4.78 is 40.8. The number of pyridine rings is 2. The van der Waals surface area contributed by atoms with Gasteiger partial charge in [-0.15, -0.1) is 0 Å². The molecule has 6 aromatic rings. The average molecular weight is 557 g/mol. The molecule has 0 N–H and O–H groups in total. The van der Waals surface area contributed by atoms with Gasteiger partial charge in [0.15, 0.2) is 0 Å². The van der Waals surface area contributed by atoms with Gasteiger partial charge in [0.05, 0.1) is 28.3 Å². The minimum absolute atomic E-state index is 0.392. The molecular weight excluding hydrogens is 529 g/mol. The summed E-state index contributed by atoms with van der Waals surface area (Å²) >= 11 is 0. The second kappa shape index (κ2) is 11.1. The van der Waals surface area contributed by atoms with Crippen LogP contribution in [0.2, 0.25) is 0 Å². The monoisotopic (exact) mass is 556 g/mol. The molecule has 206 valence electrons. The van der Waals surface area contributed by atoms with Crippen molar-refractivity contribution >= 4 is 0 Å². The van der Waals surface area contributed by atoms with Crippen molar-refractivity contribution in [3.05, 3.63) is 179 Å². The van der Waals surface area contributed by atoms with Crippen molar-refractivity contribution in [1.29, 1.82) is 0 Å². The van der Waals surface area contributed by atoms with Crippen LogP contribution in [0, 0.1) is 6.92 Å². The molecular formula is C37H27F3N2. The fourth-order valence-electron chi connectivity index (χ4n) is 5.53. The van der Waals surface area contributed by atoms with E-state index in [2.05, 4.69) is 19.1 Å². The number of nitrogens with zero attached hydrogens (tertiary/aromatic N) is 2. The fraction of sp³-hybridized carbons (Fsp3) is 0.0811. The van der Waals surface area contributed by atoms with Crippen molar-refractivity contribution in [1.82, 2.24) is 9.97 Å². The van der Waals surface area contributed by atoms with Gasteiger partial charge >= 0.3 is 6.18 Å². The van der Waals surface area contributed by atoms with E-state index in [0.29, 0.717) is 17.0 Å². The summed E-state index contributed by atoms with van der Waals surface area (Å²) in [6.45, 7) is 2.05. The van der Waals surface area contributed by atoms with Gasteiger partial charge in [0.25, 0.3) is 0 Å². The van der Waals surface area contributed by atoms with Crippen molar-refractivity contribution in [3.8, 4) is 22.5 Å². The maximum Gasteiger partial charge on any atom is 0.416 e. The van der Waals surface area contributed by atoms with Crippen LogP contribution >= 0.6 is 0 Å². The molecule has 42 heavy (non-hydrogen) atoms. The molecule has 0 bridgehead atoms. The van der Waals surface area contributed by atoms with E-state index in [9.17, 15) is 13.2 Å². The number of aromatic nitrogens is 2. The highest BCUT2D eigenvalue weighted by molar-refractivity contribution is 5.65. The van der Waals surface area contributed by atoms with E-state index in [0.717, 1.165) is 45.8 Å². The molecule has 0 aliphatic rings. The first-order chi connectivity index (χ1) is 20.4. The molecule has 2 heterocycles. The van der Waals surface area contributed by atoms with E-state index in [4.69, 9.17) is 9.97 Å². The van der Waals surface area contributed by atoms with Crippen LogP contribution in [0.1, 0.15) is 33.6 Å². The van der Waals surface area contributed by atoms with Crippen molar-refractivity contribution in [3.63, 3.8) is 0 Å². The highest BCUT2D eigenvalue weighted by atomic mass is 19.4. The van der Waals surface area contributed by atoms with E-state index in [-0.39, 0.29) is 0 Å². The van der Waals surface area contributed by atoms with Crippen LogP contribution in [-0.2, 0) is 11.6 Å². The largest absolute Gasteiger partial charge is 0.416 e. The molecule has 6 rings (SSSR count). The lowest BCUT2D eigenvalue weighted by atomic mass is 9.69. The topological polar surface area (TPSA) is 25.8 Å². The maximum absolute atomic E-state index is 13.6. The zero-order valence-electron chi connectivity index (χ0n) is 22.9. The maximum atomic E-state index is 13.6. The van der Waals surface area contributed by atoms with Crippen molar-refractivity contribution in [2.45, 2.75) is 18.5 Å². The van der Waals surface area contributed by atoms with Gasteiger partial charge < -0.3 is 0 Å². The van der Waals surface area contributed by atoms with Gasteiger partial charge in [0, 0.05) is 11.1 Å². The third-order valence-electron chi connectivity index (χ3n) is 7.48. The SMILES string of the molecule is Cc1cccc(-c2cccc(C(c3ccccc3)(c3ccccc3)c3cccc(-c4cccc(C(F)(F)F)c4)n3)n2)c1. The van der Waals surface area contributed by atoms with Crippen LogP contribution in [0.25, 0.3) is 22.5 Å². The van der Waals surface area contributed by atoms with Crippen LogP contribution in [0.5, 0.6) is 0 Å². The molecule has 0 spiro atoms. The molecule has 0 aliphatic heterocycles. The van der Waals surface area contributed by atoms with Crippen molar-refractivity contribution < 1.29 is 13.2 Å². The van der Waals surface area contributed by atoms with E-state index in [1.165, 1.54) is 6.07 Å². The van der Waals surface area contributed by atoms with Crippen LogP contribution < -0.4 is 0 Å². The number of rotatable bonds is 6. The first kappa shape index (κ1) is 27.2. The van der Waals surface area contributed by atoms with E-state index >= 15 is 0 Å². The van der Waals surface area contributed by atoms with Crippen LogP contribution in [0.4, 0.5) is 13.2 Å². The average Bonchev–Trinajstić information content (AvgIpc) is 3.03. The van der Waals surface area contributed by atoms with Gasteiger partial charge in [0.1, 0.15) is 5.41 Å². The molecule has 4 aromatic carbocycles. The lowest BCUT2D eigenvalue weighted by Crippen LogP contribution is -2.33. The predicted molar refractivity (Wildman–Crippen MR) is 161 cm³/mol. The third kappa shape index (κ3) is 5.10. The molecule has 0 unspecified atom stereocenters. The van der Waals surface area contributed by atoms with E-state index < -0.39 is 17.2 Å². The molecule has 5 heteroatoms. The standard InChI is InChI=1S/C37H27F3N2/c1-26-12-8-13-27(24-26)32-20-10-22-34(41-32)36(29-15-4-2-5-16-29,30-17-6-3-7-18-30)35-23-11-21-33(42-35)28-14-9-19-31(25-28)37(38,39)40/h2-25H,1H3. The predicted octanol–water partition coefficient (Wildman–Crippen LogP) is 9.52. The summed E-state index contributed by atoms with van der Waals surface area (Å²) in [6, 6.07) is 45.1. The molecule has 0 radical (unpaired) electrons. The molecule has 0 amide bonds. The molecule has 2 nitrogen and oxygen atoms in total. The van der Waals surface area contributed by atoms with Crippen molar-refractivity contribution in [2.24, 2.45) is 0 Å². The summed E-state index contributed by atoms with van der Waals surface area (Å²) in [6.07, 6.45) is -4.45. The fourth-order valence-corrected chi connectivity index (χ4v) is 5.53. The Kier molecular flexibility index (Phi) is 7.17. The Morgan fingerprint density at radius 2 is 0.905 bits per heavy atom. The molecule has 0 atom stereocenters. The number of alkyl halides is 3. The minimum atomic E-state index is -4.45. The van der Waals surface area contributed by atoms with Gasteiger partial charge in [-0.3, -0.25) is 9.97 Å². The molecule has 0 saturated carbocycles. The van der Waals surface area contributed by atoms with Crippen LogP contribution in [0.15, 0.2) is 146 Å². The lowest BCUT2D eigenvalue weighted by molar-refractivity contribution is -0.137. The van der Waals surface area contributed by atoms with Gasteiger partial charge in [0.2, 0.25) is 0 Å². The Morgan fingerprint density at radius 3 is 1.40 bits per heavy atom. The quantitative estimate of drug-likeness (QED) is 0.204. The number of aryl methyl sites for hydroxylation is 1. The molecule has 0 aliphatic carbocycles. The Labute approximate surface area is 243 Å². The second-order valence-corrected chi connectivity index (χ2v) is 10.2. The molecule has 0 saturated heterocycles. The van der Waals surface area contributed by atoms with E-state index in [1.54, 1.807) is 12.1 Å². The first-order valence-corrected chi connectivity index (χ1v) is 13.7. The number of halogens is 3. The number of hydrogen-bond acceptors (Lipinski definition) is 2. The normalized spacial score (nSPS) is 11.8. The van der Waals surface area contributed by atoms with Gasteiger partial charge in [-0.25, -0.2) is 0 Å². The second-order valence-electron chi connectivity index (χ2n) is 10.2. The minimum Gasteiger partial charge on any atom is -0.251 e. The Balaban J connectivity index is 1.64. The van der Waals surface area contributed by atoms with Crippen LogP contribution in [0.3, 0.4) is 0 Å². The summed E-state index contributed by atoms with van der Waals surface area (Å²) in [4.78, 5) is 10.3. The summed E-state index contributed by atoms with van der Waals surface area (Å²) in [5, 5.41) is 0. The van der Waals surface area contributed by atoms with Gasteiger partial charge in [-0.05, 0) is 60.5 Å². The molecule has 0 fully saturated rings. The highest BCUT2D eigenvalue weighted by Crippen LogP contribution is 2.44. The van der Waals surface area contributed by atoms with Gasteiger partial charge in [-0.2, -0.15) is 13.2 Å². The summed E-state index contributed by atoms with van der Waals surface area (Å²) in [5.41, 5.74) is 5.42. The zero-order chi connectivity index (χ0) is 29.2. The Morgan fingerprint density at radius 1 is 0.452 bits per heavy atom. The smallest absolute Gasteiger partial charge is 0.251 e. The van der Waals surface area contributed by atoms with Crippen LogP contribution in [-0.4, -0.2) is 9.97 Å². The summed E-state index contributed by atoms with van der Waals surface area (Å²) in [7, 11) is 0. The first-order valence-electron chi connectivity index (χ1n) is 13.7. The van der Waals surface area contributed by atoms with E-state index in [1.807, 2.05) is 103 Å². The number of hydrogen-bond donors (Lipinski definition) is 0. The third-order valence-corrected chi connectivity index (χ3v) is 7.48. The Bertz CT molecular complexity index is 1790. The zero-order valence-corrected chi connectivity index (χ0v) is 22.9. The van der Waals surface area contributed by atoms with Crippen molar-refractivity contribution in [2.75, 3.05) is 0 Å². The highest BCUT2D eigenvalue weighted by Gasteiger charge is 2.41. The molecule has 2 aromatic heterocycles. The van der Waals surface area contributed by atoms with Gasteiger partial charge in [-0.1, -0.05) is 109 Å².